The summed E-state index contributed by atoms with van der Waals surface area (Å²) in [6, 6.07) is 16.3. The molecule has 1 aliphatic carbocycles. The molecule has 5 rings (SSSR count). The van der Waals surface area contributed by atoms with Gasteiger partial charge in [0.05, 0.1) is 18.4 Å². The number of ketones is 1. The van der Waals surface area contributed by atoms with Crippen LogP contribution in [0.15, 0.2) is 59.9 Å². The van der Waals surface area contributed by atoms with Crippen molar-refractivity contribution < 1.29 is 9.53 Å². The van der Waals surface area contributed by atoms with E-state index in [4.69, 9.17) is 9.72 Å². The van der Waals surface area contributed by atoms with Gasteiger partial charge in [-0.15, -0.1) is 5.10 Å². The lowest BCUT2D eigenvalue weighted by atomic mass is 9.82. The summed E-state index contributed by atoms with van der Waals surface area (Å²) in [7, 11) is 1.65. The molecule has 0 saturated carbocycles. The van der Waals surface area contributed by atoms with Crippen LogP contribution in [0.5, 0.6) is 5.75 Å². The van der Waals surface area contributed by atoms with Gasteiger partial charge in [0.15, 0.2) is 5.78 Å². The predicted octanol–water partition coefficient (Wildman–Crippen LogP) is 4.65. The lowest BCUT2D eigenvalue weighted by molar-refractivity contribution is 0.0962. The topological polar surface area (TPSA) is 69.4 Å². The standard InChI is InChI=1S/C24H22N4O2S/c1-15-4-3-5-16(10-15)14-31-24-26-23-25-21-11-18(17-6-8-19(30-2)9-7-17)12-22(29)20(21)13-28(23)27-24/h3-10,13,18H,11-12,14H2,1-2H3. The molecule has 1 unspecified atom stereocenters. The molecule has 0 spiro atoms. The lowest BCUT2D eigenvalue weighted by Crippen LogP contribution is -2.21. The molecule has 4 aromatic rings. The largest absolute Gasteiger partial charge is 0.497 e. The van der Waals surface area contributed by atoms with E-state index in [-0.39, 0.29) is 11.7 Å². The minimum absolute atomic E-state index is 0.0981. The number of nitrogens with zero attached hydrogens (tertiary/aromatic N) is 4. The summed E-state index contributed by atoms with van der Waals surface area (Å²) in [6.07, 6.45) is 2.96. The summed E-state index contributed by atoms with van der Waals surface area (Å²) in [5, 5.41) is 5.19. The fourth-order valence-corrected chi connectivity index (χ4v) is 4.75. The molecule has 0 amide bonds. The van der Waals surface area contributed by atoms with Crippen LogP contribution in [0.3, 0.4) is 0 Å². The van der Waals surface area contributed by atoms with Gasteiger partial charge in [-0.1, -0.05) is 53.7 Å². The Hall–Kier alpha value is -3.19. The predicted molar refractivity (Wildman–Crippen MR) is 120 cm³/mol. The minimum atomic E-state index is 0.0981. The molecule has 7 heteroatoms. The fraction of sp³-hybridized carbons (Fsp3) is 0.250. The van der Waals surface area contributed by atoms with Gasteiger partial charge in [0.2, 0.25) is 5.16 Å². The highest BCUT2D eigenvalue weighted by Gasteiger charge is 2.28. The van der Waals surface area contributed by atoms with Gasteiger partial charge < -0.3 is 4.74 Å². The fourth-order valence-electron chi connectivity index (χ4n) is 3.99. The van der Waals surface area contributed by atoms with E-state index in [0.717, 1.165) is 22.8 Å². The first-order valence-corrected chi connectivity index (χ1v) is 11.2. The molecule has 0 aliphatic heterocycles. The Bertz CT molecular complexity index is 1270. The van der Waals surface area contributed by atoms with E-state index in [1.165, 1.54) is 11.1 Å². The Morgan fingerprint density at radius 1 is 1.13 bits per heavy atom. The van der Waals surface area contributed by atoms with Crippen molar-refractivity contribution in [3.05, 3.63) is 82.7 Å². The van der Waals surface area contributed by atoms with E-state index < -0.39 is 0 Å². The van der Waals surface area contributed by atoms with Crippen LogP contribution in [-0.2, 0) is 12.2 Å². The van der Waals surface area contributed by atoms with Gasteiger partial charge in [0.25, 0.3) is 5.78 Å². The SMILES string of the molecule is COc1ccc(C2CC(=O)c3cn4nc(SCc5cccc(C)c5)nc4nc3C2)cc1. The molecule has 2 aromatic carbocycles. The average Bonchev–Trinajstić information content (AvgIpc) is 3.18. The summed E-state index contributed by atoms with van der Waals surface area (Å²) in [6.45, 7) is 2.09. The number of hydrogen-bond acceptors (Lipinski definition) is 6. The third-order valence-electron chi connectivity index (χ3n) is 5.60. The van der Waals surface area contributed by atoms with E-state index in [2.05, 4.69) is 41.3 Å². The average molecular weight is 431 g/mol. The minimum Gasteiger partial charge on any atom is -0.497 e. The number of carbonyl (C=O) groups is 1. The van der Waals surface area contributed by atoms with Gasteiger partial charge in [0, 0.05) is 18.4 Å². The molecule has 0 N–H and O–H groups in total. The van der Waals surface area contributed by atoms with Gasteiger partial charge >= 0.3 is 0 Å². The molecule has 31 heavy (non-hydrogen) atoms. The monoisotopic (exact) mass is 430 g/mol. The first-order chi connectivity index (χ1) is 15.1. The molecule has 0 saturated heterocycles. The molecule has 1 aliphatic rings. The molecule has 2 aromatic heterocycles. The molecule has 0 fully saturated rings. The van der Waals surface area contributed by atoms with Crippen LogP contribution >= 0.6 is 11.8 Å². The van der Waals surface area contributed by atoms with Gasteiger partial charge in [-0.3, -0.25) is 4.79 Å². The summed E-state index contributed by atoms with van der Waals surface area (Å²) >= 11 is 1.57. The van der Waals surface area contributed by atoms with Gasteiger partial charge in [-0.25, -0.2) is 9.50 Å². The van der Waals surface area contributed by atoms with Crippen molar-refractivity contribution in [3.63, 3.8) is 0 Å². The van der Waals surface area contributed by atoms with Crippen molar-refractivity contribution in [2.45, 2.75) is 36.6 Å². The highest BCUT2D eigenvalue weighted by Crippen LogP contribution is 2.33. The molecular formula is C24H22N4O2S. The number of aromatic nitrogens is 4. The van der Waals surface area contributed by atoms with Crippen molar-refractivity contribution in [2.24, 2.45) is 0 Å². The molecule has 2 heterocycles. The van der Waals surface area contributed by atoms with Crippen LogP contribution in [0.25, 0.3) is 5.78 Å². The van der Waals surface area contributed by atoms with E-state index in [0.29, 0.717) is 29.3 Å². The Morgan fingerprint density at radius 3 is 2.74 bits per heavy atom. The van der Waals surface area contributed by atoms with E-state index in [1.54, 1.807) is 29.6 Å². The maximum absolute atomic E-state index is 12.9. The quantitative estimate of drug-likeness (QED) is 0.430. The highest BCUT2D eigenvalue weighted by molar-refractivity contribution is 7.98. The Balaban J connectivity index is 1.38. The lowest BCUT2D eigenvalue weighted by Gasteiger charge is -2.23. The Morgan fingerprint density at radius 2 is 1.97 bits per heavy atom. The molecule has 6 nitrogen and oxygen atoms in total. The molecule has 156 valence electrons. The number of methoxy groups -OCH3 is 1. The zero-order valence-corrected chi connectivity index (χ0v) is 18.2. The summed E-state index contributed by atoms with van der Waals surface area (Å²) in [5.41, 5.74) is 5.04. The molecule has 1 atom stereocenters. The van der Waals surface area contributed by atoms with Crippen LogP contribution in [0, 0.1) is 6.92 Å². The smallest absolute Gasteiger partial charge is 0.253 e. The van der Waals surface area contributed by atoms with Crippen LogP contribution in [0.4, 0.5) is 0 Å². The van der Waals surface area contributed by atoms with Gasteiger partial charge in [-0.05, 0) is 42.5 Å². The first-order valence-electron chi connectivity index (χ1n) is 10.2. The summed E-state index contributed by atoms with van der Waals surface area (Å²) in [4.78, 5) is 22.1. The second-order valence-corrected chi connectivity index (χ2v) is 8.76. The van der Waals surface area contributed by atoms with Crippen molar-refractivity contribution in [1.29, 1.82) is 0 Å². The van der Waals surface area contributed by atoms with E-state index in [1.807, 2.05) is 24.3 Å². The second-order valence-electron chi connectivity index (χ2n) is 7.82. The number of Topliss-reactive ketones (excluding diaryl/α,β-unsaturated/α-hetero) is 1. The van der Waals surface area contributed by atoms with Crippen LogP contribution in [0.2, 0.25) is 0 Å². The summed E-state index contributed by atoms with van der Waals surface area (Å²) < 4.78 is 6.87. The van der Waals surface area contributed by atoms with Crippen molar-refractivity contribution in [1.82, 2.24) is 19.6 Å². The van der Waals surface area contributed by atoms with Crippen molar-refractivity contribution in [3.8, 4) is 5.75 Å². The Labute approximate surface area is 184 Å². The van der Waals surface area contributed by atoms with E-state index >= 15 is 0 Å². The molecular weight excluding hydrogens is 408 g/mol. The Kier molecular flexibility index (Phi) is 5.19. The zero-order chi connectivity index (χ0) is 21.4. The van der Waals surface area contributed by atoms with Gasteiger partial charge in [0.1, 0.15) is 5.75 Å². The maximum Gasteiger partial charge on any atom is 0.253 e. The maximum atomic E-state index is 12.9. The third kappa shape index (κ3) is 4.05. The number of hydrogen-bond donors (Lipinski definition) is 0. The number of carbonyl (C=O) groups excluding carboxylic acids is 1. The third-order valence-corrected chi connectivity index (χ3v) is 6.51. The number of rotatable bonds is 5. The van der Waals surface area contributed by atoms with Crippen LogP contribution in [0.1, 0.15) is 45.1 Å². The number of thioether (sulfide) groups is 1. The van der Waals surface area contributed by atoms with E-state index in [9.17, 15) is 4.79 Å². The molecule has 0 bridgehead atoms. The first kappa shape index (κ1) is 19.8. The number of aryl methyl sites for hydroxylation is 1. The van der Waals surface area contributed by atoms with Crippen molar-refractivity contribution in [2.75, 3.05) is 7.11 Å². The van der Waals surface area contributed by atoms with Crippen molar-refractivity contribution >= 4 is 23.3 Å². The van der Waals surface area contributed by atoms with Gasteiger partial charge in [-0.2, -0.15) is 4.98 Å². The zero-order valence-electron chi connectivity index (χ0n) is 17.4. The normalized spacial score (nSPS) is 15.8. The highest BCUT2D eigenvalue weighted by atomic mass is 32.2. The van der Waals surface area contributed by atoms with Crippen LogP contribution in [-0.4, -0.2) is 32.5 Å². The number of benzene rings is 2. The number of fused-ring (bicyclic) bond motifs is 2. The summed E-state index contributed by atoms with van der Waals surface area (Å²) in [5.74, 6) is 2.34. The number of ether oxygens (including phenoxy) is 1. The van der Waals surface area contributed by atoms with Crippen LogP contribution < -0.4 is 4.74 Å². The molecule has 0 radical (unpaired) electrons. The second kappa shape index (κ2) is 8.15.